The summed E-state index contributed by atoms with van der Waals surface area (Å²) in [6.07, 6.45) is 13.8. The van der Waals surface area contributed by atoms with Gasteiger partial charge in [-0.2, -0.15) is 0 Å². The van der Waals surface area contributed by atoms with Gasteiger partial charge in [-0.15, -0.1) is 0 Å². The van der Waals surface area contributed by atoms with E-state index in [-0.39, 0.29) is 6.10 Å². The van der Waals surface area contributed by atoms with E-state index < -0.39 is 0 Å². The van der Waals surface area contributed by atoms with Crippen molar-refractivity contribution in [1.82, 2.24) is 0 Å². The zero-order valence-corrected chi connectivity index (χ0v) is 8.30. The maximum Gasteiger partial charge on any atom is 0.0930 e. The normalized spacial score (nSPS) is 29.0. The lowest BCUT2D eigenvalue weighted by Crippen LogP contribution is -2.28. The van der Waals surface area contributed by atoms with Gasteiger partial charge in [-0.25, -0.2) is 5.11 Å². The van der Waals surface area contributed by atoms with E-state index in [1.807, 2.05) is 0 Å². The highest BCUT2D eigenvalue weighted by atomic mass is 16.3. The van der Waals surface area contributed by atoms with Crippen molar-refractivity contribution in [3.8, 4) is 0 Å². The van der Waals surface area contributed by atoms with E-state index in [1.165, 1.54) is 38.5 Å². The molecule has 13 heavy (non-hydrogen) atoms. The molecule has 0 aliphatic heterocycles. The van der Waals surface area contributed by atoms with Gasteiger partial charge in [-0.1, -0.05) is 12.2 Å². The largest absolute Gasteiger partial charge is 0.233 e. The van der Waals surface area contributed by atoms with Gasteiger partial charge in [0.05, 0.1) is 6.10 Å². The topological polar surface area (TPSA) is 19.9 Å². The van der Waals surface area contributed by atoms with Crippen LogP contribution in [0.25, 0.3) is 0 Å². The van der Waals surface area contributed by atoms with Crippen molar-refractivity contribution in [2.75, 3.05) is 0 Å². The molecule has 0 aromatic carbocycles. The summed E-state index contributed by atoms with van der Waals surface area (Å²) in [5, 5.41) is 11.2. The average molecular weight is 179 g/mol. The molecule has 0 heterocycles. The Hall–Kier alpha value is -0.300. The van der Waals surface area contributed by atoms with Crippen LogP contribution in [-0.2, 0) is 5.11 Å². The van der Waals surface area contributed by atoms with Crippen molar-refractivity contribution >= 4 is 0 Å². The molecule has 1 spiro atoms. The Morgan fingerprint density at radius 1 is 0.923 bits per heavy atom. The van der Waals surface area contributed by atoms with Crippen molar-refractivity contribution in [2.45, 2.75) is 57.5 Å². The Kier molecular flexibility index (Phi) is 2.73. The summed E-state index contributed by atoms with van der Waals surface area (Å²) in [5.74, 6) is 0. The van der Waals surface area contributed by atoms with Gasteiger partial charge >= 0.3 is 0 Å². The molecule has 0 bridgehead atoms. The molecule has 2 aliphatic carbocycles. The summed E-state index contributed by atoms with van der Waals surface area (Å²) in [6.45, 7) is 0. The molecule has 1 nitrogen and oxygen atoms in total. The molecule has 0 aromatic heterocycles. The van der Waals surface area contributed by atoms with Crippen LogP contribution in [-0.4, -0.2) is 6.10 Å². The molecule has 1 saturated carbocycles. The fourth-order valence-corrected chi connectivity index (χ4v) is 2.84. The van der Waals surface area contributed by atoms with Crippen LogP contribution in [0, 0.1) is 5.41 Å². The molecule has 0 atom stereocenters. The number of hydrogen-bond donors (Lipinski definition) is 0. The van der Waals surface area contributed by atoms with Crippen molar-refractivity contribution in [3.05, 3.63) is 12.2 Å². The van der Waals surface area contributed by atoms with E-state index in [9.17, 15) is 5.11 Å². The molecule has 2 aliphatic rings. The third-order valence-electron chi connectivity index (χ3n) is 3.84. The zero-order chi connectivity index (χ0) is 9.15. The average Bonchev–Trinajstić information content (AvgIpc) is 2.37. The Balaban J connectivity index is 1.96. The quantitative estimate of drug-likeness (QED) is 0.507. The Bertz CT molecular complexity index is 175. The first-order valence-electron chi connectivity index (χ1n) is 5.62. The van der Waals surface area contributed by atoms with E-state index in [4.69, 9.17) is 0 Å². The molecule has 0 unspecified atom stereocenters. The predicted molar refractivity (Wildman–Crippen MR) is 53.0 cm³/mol. The van der Waals surface area contributed by atoms with Crippen LogP contribution in [0.3, 0.4) is 0 Å². The molecule has 0 aromatic rings. The van der Waals surface area contributed by atoms with E-state index in [1.54, 1.807) is 0 Å². The van der Waals surface area contributed by atoms with Crippen molar-refractivity contribution in [1.29, 1.82) is 0 Å². The summed E-state index contributed by atoms with van der Waals surface area (Å²) in [4.78, 5) is 0. The lowest BCUT2D eigenvalue weighted by Gasteiger charge is -2.37. The SMILES string of the molecule is [O]C1CCC2(CCC=CCC2)CC1. The van der Waals surface area contributed by atoms with Gasteiger partial charge < -0.3 is 0 Å². The predicted octanol–water partition coefficient (Wildman–Crippen LogP) is 3.48. The minimum Gasteiger partial charge on any atom is -0.233 e. The summed E-state index contributed by atoms with van der Waals surface area (Å²) in [5.41, 5.74) is 0.560. The van der Waals surface area contributed by atoms with Gasteiger partial charge in [0.15, 0.2) is 0 Å². The summed E-state index contributed by atoms with van der Waals surface area (Å²) < 4.78 is 0. The van der Waals surface area contributed by atoms with Crippen LogP contribution < -0.4 is 0 Å². The number of allylic oxidation sites excluding steroid dienone is 2. The second-order valence-electron chi connectivity index (χ2n) is 4.75. The van der Waals surface area contributed by atoms with Gasteiger partial charge in [-0.05, 0) is 56.8 Å². The van der Waals surface area contributed by atoms with Crippen LogP contribution >= 0.6 is 0 Å². The standard InChI is InChI=1S/C12H19O/c13-11-5-9-12(10-6-11)7-3-1-2-4-8-12/h1-2,11H,3-10H2. The molecule has 0 N–H and O–H groups in total. The minimum atomic E-state index is -0.248. The van der Waals surface area contributed by atoms with Gasteiger partial charge in [0, 0.05) is 0 Å². The van der Waals surface area contributed by atoms with Gasteiger partial charge in [0.1, 0.15) is 0 Å². The second-order valence-corrected chi connectivity index (χ2v) is 4.75. The number of hydrogen-bond acceptors (Lipinski definition) is 0. The maximum absolute atomic E-state index is 11.2. The third-order valence-corrected chi connectivity index (χ3v) is 3.84. The van der Waals surface area contributed by atoms with E-state index in [2.05, 4.69) is 12.2 Å². The first-order valence-corrected chi connectivity index (χ1v) is 5.62. The first kappa shape index (κ1) is 9.26. The third kappa shape index (κ3) is 2.14. The fraction of sp³-hybridized carbons (Fsp3) is 0.833. The van der Waals surface area contributed by atoms with Crippen LogP contribution in [0.2, 0.25) is 0 Å². The van der Waals surface area contributed by atoms with Gasteiger partial charge in [0.2, 0.25) is 0 Å². The molecule has 1 fully saturated rings. The van der Waals surface area contributed by atoms with Crippen molar-refractivity contribution in [3.63, 3.8) is 0 Å². The van der Waals surface area contributed by atoms with Crippen LogP contribution in [0.1, 0.15) is 51.4 Å². The Labute approximate surface area is 80.8 Å². The lowest BCUT2D eigenvalue weighted by molar-refractivity contribution is 0.00866. The monoisotopic (exact) mass is 179 g/mol. The van der Waals surface area contributed by atoms with Gasteiger partial charge in [-0.3, -0.25) is 0 Å². The van der Waals surface area contributed by atoms with E-state index in [0.29, 0.717) is 5.41 Å². The van der Waals surface area contributed by atoms with Crippen LogP contribution in [0.4, 0.5) is 0 Å². The fourth-order valence-electron chi connectivity index (χ4n) is 2.84. The highest BCUT2D eigenvalue weighted by Gasteiger charge is 2.34. The highest BCUT2D eigenvalue weighted by Crippen LogP contribution is 2.45. The van der Waals surface area contributed by atoms with E-state index >= 15 is 0 Å². The van der Waals surface area contributed by atoms with Crippen LogP contribution in [0.5, 0.6) is 0 Å². The molecule has 0 amide bonds. The number of rotatable bonds is 0. The molecule has 1 radical (unpaired) electrons. The Morgan fingerprint density at radius 3 is 2.00 bits per heavy atom. The van der Waals surface area contributed by atoms with Crippen molar-refractivity contribution in [2.24, 2.45) is 5.41 Å². The molecular formula is C12H19O. The highest BCUT2D eigenvalue weighted by molar-refractivity contribution is 4.95. The summed E-state index contributed by atoms with van der Waals surface area (Å²) in [7, 11) is 0. The second kappa shape index (κ2) is 3.83. The first-order chi connectivity index (χ1) is 6.31. The van der Waals surface area contributed by atoms with Crippen molar-refractivity contribution < 1.29 is 5.11 Å². The smallest absolute Gasteiger partial charge is 0.0930 e. The van der Waals surface area contributed by atoms with Gasteiger partial charge in [0.25, 0.3) is 0 Å². The summed E-state index contributed by atoms with van der Waals surface area (Å²) >= 11 is 0. The molecule has 2 rings (SSSR count). The van der Waals surface area contributed by atoms with Crippen LogP contribution in [0.15, 0.2) is 12.2 Å². The molecule has 73 valence electrons. The zero-order valence-electron chi connectivity index (χ0n) is 8.30. The summed E-state index contributed by atoms with van der Waals surface area (Å²) in [6, 6.07) is 0. The minimum absolute atomic E-state index is 0.248. The molecule has 0 saturated heterocycles. The molecular weight excluding hydrogens is 160 g/mol. The lowest BCUT2D eigenvalue weighted by atomic mass is 9.68. The molecule has 1 heteroatoms. The Morgan fingerprint density at radius 2 is 1.46 bits per heavy atom. The van der Waals surface area contributed by atoms with E-state index in [0.717, 1.165) is 12.8 Å². The maximum atomic E-state index is 11.2.